The number of carbonyl (C=O) groups is 2. The van der Waals surface area contributed by atoms with Crippen molar-refractivity contribution in [2.24, 2.45) is 0 Å². The Morgan fingerprint density at radius 2 is 1.88 bits per heavy atom. The molecule has 5 nitrogen and oxygen atoms in total. The lowest BCUT2D eigenvalue weighted by Crippen LogP contribution is -2.14. The van der Waals surface area contributed by atoms with Gasteiger partial charge in [-0.3, -0.25) is 9.59 Å². The van der Waals surface area contributed by atoms with Gasteiger partial charge in [-0.15, -0.1) is 23.5 Å². The molecule has 2 aromatic carbocycles. The Kier molecular flexibility index (Phi) is 8.37. The van der Waals surface area contributed by atoms with E-state index < -0.39 is 5.97 Å². The predicted octanol–water partition coefficient (Wildman–Crippen LogP) is 4.13. The van der Waals surface area contributed by atoms with Crippen molar-refractivity contribution in [3.05, 3.63) is 54.1 Å². The molecule has 0 aliphatic rings. The van der Waals surface area contributed by atoms with E-state index in [1.165, 1.54) is 23.5 Å². The van der Waals surface area contributed by atoms with Gasteiger partial charge in [0.1, 0.15) is 5.75 Å². The Labute approximate surface area is 161 Å². The second-order valence-corrected chi connectivity index (χ2v) is 7.36. The number of ether oxygens (including phenoxy) is 1. The molecule has 0 saturated carbocycles. The number of rotatable bonds is 10. The number of carboxylic acid groups (broad SMARTS) is 1. The van der Waals surface area contributed by atoms with Gasteiger partial charge in [0.15, 0.2) is 0 Å². The largest absolute Gasteiger partial charge is 0.494 e. The Hall–Kier alpha value is -2.12. The van der Waals surface area contributed by atoms with E-state index in [0.717, 1.165) is 21.9 Å². The number of carboxylic acids is 1. The summed E-state index contributed by atoms with van der Waals surface area (Å²) in [4.78, 5) is 23.7. The van der Waals surface area contributed by atoms with Crippen LogP contribution in [0.15, 0.2) is 53.4 Å². The molecule has 0 unspecified atom stereocenters. The average Bonchev–Trinajstić information content (AvgIpc) is 2.61. The van der Waals surface area contributed by atoms with Crippen molar-refractivity contribution >= 4 is 41.1 Å². The fraction of sp³-hybridized carbons (Fsp3) is 0.263. The first-order valence-electron chi connectivity index (χ1n) is 8.11. The number of hydrogen-bond acceptors (Lipinski definition) is 5. The monoisotopic (exact) mass is 391 g/mol. The summed E-state index contributed by atoms with van der Waals surface area (Å²) in [5.74, 6) is 0.877. The highest BCUT2D eigenvalue weighted by molar-refractivity contribution is 8.00. The van der Waals surface area contributed by atoms with Crippen molar-refractivity contribution < 1.29 is 19.4 Å². The van der Waals surface area contributed by atoms with Crippen molar-refractivity contribution in [3.8, 4) is 5.75 Å². The van der Waals surface area contributed by atoms with Gasteiger partial charge in [-0.05, 0) is 48.9 Å². The first-order chi connectivity index (χ1) is 12.6. The van der Waals surface area contributed by atoms with Gasteiger partial charge in [0.2, 0.25) is 5.91 Å². The number of carbonyl (C=O) groups excluding carboxylic acids is 1. The van der Waals surface area contributed by atoms with Crippen molar-refractivity contribution in [3.63, 3.8) is 0 Å². The molecular weight excluding hydrogens is 370 g/mol. The molecule has 0 heterocycles. The van der Waals surface area contributed by atoms with Gasteiger partial charge in [-0.1, -0.05) is 12.1 Å². The van der Waals surface area contributed by atoms with Crippen LogP contribution in [-0.4, -0.2) is 35.1 Å². The Morgan fingerprint density at radius 3 is 2.58 bits per heavy atom. The van der Waals surface area contributed by atoms with Gasteiger partial charge in [0.25, 0.3) is 0 Å². The fourth-order valence-corrected chi connectivity index (χ4v) is 3.53. The van der Waals surface area contributed by atoms with E-state index in [1.807, 2.05) is 55.5 Å². The zero-order chi connectivity index (χ0) is 18.8. The lowest BCUT2D eigenvalue weighted by Gasteiger charge is -2.08. The maximum absolute atomic E-state index is 12.1. The maximum atomic E-state index is 12.1. The van der Waals surface area contributed by atoms with Gasteiger partial charge in [-0.2, -0.15) is 0 Å². The van der Waals surface area contributed by atoms with Crippen LogP contribution in [-0.2, 0) is 15.3 Å². The highest BCUT2D eigenvalue weighted by Gasteiger charge is 2.05. The van der Waals surface area contributed by atoms with E-state index in [-0.39, 0.29) is 11.7 Å². The van der Waals surface area contributed by atoms with Crippen molar-refractivity contribution in [1.29, 1.82) is 0 Å². The van der Waals surface area contributed by atoms with Gasteiger partial charge in [0.05, 0.1) is 18.1 Å². The minimum absolute atomic E-state index is 0.0648. The summed E-state index contributed by atoms with van der Waals surface area (Å²) in [6, 6.07) is 15.1. The molecule has 0 aliphatic carbocycles. The van der Waals surface area contributed by atoms with Crippen LogP contribution in [0.3, 0.4) is 0 Å². The second kappa shape index (κ2) is 10.8. The van der Waals surface area contributed by atoms with E-state index >= 15 is 0 Å². The number of benzene rings is 2. The molecule has 2 N–H and O–H groups in total. The van der Waals surface area contributed by atoms with Crippen LogP contribution in [0, 0.1) is 0 Å². The van der Waals surface area contributed by atoms with Crippen LogP contribution < -0.4 is 10.1 Å². The first kappa shape index (κ1) is 20.2. The van der Waals surface area contributed by atoms with Crippen LogP contribution in [0.5, 0.6) is 5.75 Å². The van der Waals surface area contributed by atoms with Gasteiger partial charge >= 0.3 is 5.97 Å². The summed E-state index contributed by atoms with van der Waals surface area (Å²) in [5.41, 5.74) is 1.70. The van der Waals surface area contributed by atoms with E-state index in [4.69, 9.17) is 9.84 Å². The van der Waals surface area contributed by atoms with Crippen LogP contribution >= 0.6 is 23.5 Å². The third-order valence-electron chi connectivity index (χ3n) is 3.21. The van der Waals surface area contributed by atoms with Crippen LogP contribution in [0.2, 0.25) is 0 Å². The summed E-state index contributed by atoms with van der Waals surface area (Å²) in [5, 5.41) is 11.5. The van der Waals surface area contributed by atoms with Crippen molar-refractivity contribution in [2.45, 2.75) is 17.6 Å². The minimum Gasteiger partial charge on any atom is -0.494 e. The molecule has 2 aromatic rings. The summed E-state index contributed by atoms with van der Waals surface area (Å²) in [6.07, 6.45) is 0. The Bertz CT molecular complexity index is 735. The SMILES string of the molecule is CCOc1ccc(SCC(=O)Nc2cccc(CSCC(=O)O)c2)cc1. The zero-order valence-corrected chi connectivity index (χ0v) is 16.1. The molecule has 0 saturated heterocycles. The summed E-state index contributed by atoms with van der Waals surface area (Å²) < 4.78 is 5.39. The molecule has 2 rings (SSSR count). The number of thioether (sulfide) groups is 2. The van der Waals surface area contributed by atoms with Gasteiger partial charge < -0.3 is 15.2 Å². The molecule has 26 heavy (non-hydrogen) atoms. The maximum Gasteiger partial charge on any atom is 0.313 e. The topological polar surface area (TPSA) is 75.6 Å². The van der Waals surface area contributed by atoms with E-state index in [0.29, 0.717) is 18.1 Å². The minimum atomic E-state index is -0.828. The van der Waals surface area contributed by atoms with Gasteiger partial charge in [-0.25, -0.2) is 0 Å². The highest BCUT2D eigenvalue weighted by Crippen LogP contribution is 2.22. The fourth-order valence-electron chi connectivity index (χ4n) is 2.14. The van der Waals surface area contributed by atoms with E-state index in [2.05, 4.69) is 5.32 Å². The molecule has 1 amide bonds. The molecular formula is C19H21NO4S2. The summed E-state index contributed by atoms with van der Waals surface area (Å²) in [6.45, 7) is 2.57. The Morgan fingerprint density at radius 1 is 1.12 bits per heavy atom. The quantitative estimate of drug-likeness (QED) is 0.593. The third-order valence-corrected chi connectivity index (χ3v) is 5.21. The lowest BCUT2D eigenvalue weighted by molar-refractivity contribution is -0.133. The summed E-state index contributed by atoms with van der Waals surface area (Å²) >= 11 is 2.79. The molecule has 0 spiro atoms. The molecule has 0 aliphatic heterocycles. The Balaban J connectivity index is 1.80. The number of amides is 1. The lowest BCUT2D eigenvalue weighted by atomic mass is 10.2. The second-order valence-electron chi connectivity index (χ2n) is 5.33. The zero-order valence-electron chi connectivity index (χ0n) is 14.4. The molecule has 0 bridgehead atoms. The van der Waals surface area contributed by atoms with Crippen molar-refractivity contribution in [2.75, 3.05) is 23.4 Å². The van der Waals surface area contributed by atoms with Crippen molar-refractivity contribution in [1.82, 2.24) is 0 Å². The van der Waals surface area contributed by atoms with Crippen LogP contribution in [0.4, 0.5) is 5.69 Å². The standard InChI is InChI=1S/C19H21NO4S2/c1-2-24-16-6-8-17(9-7-16)26-12-18(21)20-15-5-3-4-14(10-15)11-25-13-19(22)23/h3-10H,2,11-13H2,1H3,(H,20,21)(H,22,23). The van der Waals surface area contributed by atoms with Crippen LogP contribution in [0.25, 0.3) is 0 Å². The normalized spacial score (nSPS) is 10.3. The number of anilines is 1. The van der Waals surface area contributed by atoms with Gasteiger partial charge in [0, 0.05) is 16.3 Å². The van der Waals surface area contributed by atoms with Crippen LogP contribution in [0.1, 0.15) is 12.5 Å². The predicted molar refractivity (Wildman–Crippen MR) is 107 cm³/mol. The molecule has 0 aromatic heterocycles. The number of hydrogen-bond donors (Lipinski definition) is 2. The van der Waals surface area contributed by atoms with E-state index in [1.54, 1.807) is 0 Å². The van der Waals surface area contributed by atoms with E-state index in [9.17, 15) is 9.59 Å². The molecule has 0 radical (unpaired) electrons. The summed E-state index contributed by atoms with van der Waals surface area (Å²) in [7, 11) is 0. The average molecular weight is 392 g/mol. The molecule has 0 atom stereocenters. The highest BCUT2D eigenvalue weighted by atomic mass is 32.2. The molecule has 0 fully saturated rings. The first-order valence-corrected chi connectivity index (χ1v) is 10.2. The molecule has 7 heteroatoms. The third kappa shape index (κ3) is 7.41. The number of nitrogens with one attached hydrogen (secondary N) is 1. The molecule has 138 valence electrons. The smallest absolute Gasteiger partial charge is 0.313 e. The number of aliphatic carboxylic acids is 1.